The second kappa shape index (κ2) is 5.91. The lowest BCUT2D eigenvalue weighted by atomic mass is 10.2. The molecule has 5 nitrogen and oxygen atoms in total. The van der Waals surface area contributed by atoms with Crippen molar-refractivity contribution in [3.63, 3.8) is 0 Å². The molecule has 0 fully saturated rings. The summed E-state index contributed by atoms with van der Waals surface area (Å²) in [6, 6.07) is 3.71. The van der Waals surface area contributed by atoms with E-state index in [1.807, 2.05) is 17.5 Å². The summed E-state index contributed by atoms with van der Waals surface area (Å²) < 4.78 is 16.6. The summed E-state index contributed by atoms with van der Waals surface area (Å²) in [6.45, 7) is 5.32. The molecule has 6 heteroatoms. The first-order valence-electron chi connectivity index (χ1n) is 6.87. The van der Waals surface area contributed by atoms with Crippen molar-refractivity contribution in [2.45, 2.75) is 32.9 Å². The fourth-order valence-electron chi connectivity index (χ4n) is 2.07. The van der Waals surface area contributed by atoms with Gasteiger partial charge in [-0.15, -0.1) is 11.3 Å². The van der Waals surface area contributed by atoms with Crippen LogP contribution in [-0.4, -0.2) is 11.8 Å². The molecule has 2 heterocycles. The monoisotopic (exact) mass is 306 g/mol. The molecule has 1 aromatic carbocycles. The van der Waals surface area contributed by atoms with Gasteiger partial charge in [0.15, 0.2) is 11.5 Å². The Morgan fingerprint density at radius 3 is 2.76 bits per heavy atom. The van der Waals surface area contributed by atoms with E-state index in [1.54, 1.807) is 11.3 Å². The van der Waals surface area contributed by atoms with Crippen LogP contribution in [0, 0.1) is 0 Å². The number of ether oxygens (including phenoxy) is 3. The van der Waals surface area contributed by atoms with Crippen LogP contribution < -0.4 is 19.9 Å². The summed E-state index contributed by atoms with van der Waals surface area (Å²) in [6.07, 6.45) is 0. The Balaban J connectivity index is 1.75. The molecule has 1 aliphatic heterocycles. The second-order valence-electron chi connectivity index (χ2n) is 5.14. The molecule has 1 aromatic heterocycles. The minimum Gasteiger partial charge on any atom is -0.487 e. The summed E-state index contributed by atoms with van der Waals surface area (Å²) in [5, 5.41) is 3.16. The zero-order valence-electron chi connectivity index (χ0n) is 12.1. The van der Waals surface area contributed by atoms with Crippen molar-refractivity contribution in [3.05, 3.63) is 33.8 Å². The second-order valence-corrected chi connectivity index (χ2v) is 6.03. The van der Waals surface area contributed by atoms with Gasteiger partial charge in [-0.3, -0.25) is 0 Å². The van der Waals surface area contributed by atoms with Crippen molar-refractivity contribution in [3.8, 4) is 17.2 Å². The summed E-state index contributed by atoms with van der Waals surface area (Å²) in [7, 11) is 0. The molecule has 0 amide bonds. The van der Waals surface area contributed by atoms with Gasteiger partial charge in [0, 0.05) is 29.5 Å². The molecule has 0 aliphatic carbocycles. The molecule has 1 aliphatic rings. The van der Waals surface area contributed by atoms with Crippen molar-refractivity contribution in [2.24, 2.45) is 5.73 Å². The lowest BCUT2D eigenvalue weighted by Crippen LogP contribution is -2.03. The van der Waals surface area contributed by atoms with Gasteiger partial charge in [-0.2, -0.15) is 0 Å². The Morgan fingerprint density at radius 1 is 1.33 bits per heavy atom. The fraction of sp³-hybridized carbons (Fsp3) is 0.400. The maximum Gasteiger partial charge on any atom is 0.231 e. The minimum atomic E-state index is 0.243. The molecule has 2 N–H and O–H groups in total. The van der Waals surface area contributed by atoms with Crippen LogP contribution in [0.1, 0.15) is 36.0 Å². The van der Waals surface area contributed by atoms with Crippen molar-refractivity contribution < 1.29 is 14.2 Å². The van der Waals surface area contributed by atoms with Crippen LogP contribution in [0.4, 0.5) is 0 Å². The molecule has 0 spiro atoms. The third kappa shape index (κ3) is 2.96. The Morgan fingerprint density at radius 2 is 2.10 bits per heavy atom. The van der Waals surface area contributed by atoms with Crippen LogP contribution in [0.2, 0.25) is 0 Å². The number of hydrogen-bond acceptors (Lipinski definition) is 6. The Labute approximate surface area is 127 Å². The van der Waals surface area contributed by atoms with Crippen LogP contribution in [0.3, 0.4) is 0 Å². The smallest absolute Gasteiger partial charge is 0.231 e. The van der Waals surface area contributed by atoms with Crippen LogP contribution in [0.5, 0.6) is 17.2 Å². The third-order valence-corrected chi connectivity index (χ3v) is 4.41. The van der Waals surface area contributed by atoms with E-state index in [9.17, 15) is 0 Å². The van der Waals surface area contributed by atoms with Crippen LogP contribution in [0.15, 0.2) is 17.5 Å². The van der Waals surface area contributed by atoms with Gasteiger partial charge in [0.25, 0.3) is 0 Å². The average Bonchev–Trinajstić information content (AvgIpc) is 3.12. The summed E-state index contributed by atoms with van der Waals surface area (Å²) in [4.78, 5) is 4.56. The summed E-state index contributed by atoms with van der Waals surface area (Å²) in [5.74, 6) is 2.58. The van der Waals surface area contributed by atoms with E-state index in [0.29, 0.717) is 24.8 Å². The molecule has 21 heavy (non-hydrogen) atoms. The lowest BCUT2D eigenvalue weighted by Gasteiger charge is -2.10. The molecule has 0 saturated carbocycles. The topological polar surface area (TPSA) is 66.6 Å². The van der Waals surface area contributed by atoms with E-state index < -0.39 is 0 Å². The van der Waals surface area contributed by atoms with E-state index in [4.69, 9.17) is 19.9 Å². The Hall–Kier alpha value is -1.79. The van der Waals surface area contributed by atoms with Gasteiger partial charge in [-0.05, 0) is 6.07 Å². The van der Waals surface area contributed by atoms with Gasteiger partial charge in [0.2, 0.25) is 6.79 Å². The van der Waals surface area contributed by atoms with Crippen molar-refractivity contribution in [1.29, 1.82) is 0 Å². The van der Waals surface area contributed by atoms with Crippen molar-refractivity contribution >= 4 is 11.3 Å². The molecular weight excluding hydrogens is 288 g/mol. The highest BCUT2D eigenvalue weighted by atomic mass is 32.1. The van der Waals surface area contributed by atoms with Gasteiger partial charge in [-0.1, -0.05) is 13.8 Å². The number of nitrogens with two attached hydrogens (primary N) is 1. The van der Waals surface area contributed by atoms with E-state index in [1.165, 1.54) is 0 Å². The predicted octanol–water partition coefficient (Wildman–Crippen LogP) is 3.03. The van der Waals surface area contributed by atoms with E-state index in [-0.39, 0.29) is 6.79 Å². The van der Waals surface area contributed by atoms with E-state index >= 15 is 0 Å². The molecule has 3 rings (SSSR count). The van der Waals surface area contributed by atoms with Gasteiger partial charge in [-0.25, -0.2) is 4.98 Å². The van der Waals surface area contributed by atoms with Crippen molar-refractivity contribution in [1.82, 2.24) is 4.98 Å². The number of benzene rings is 1. The maximum absolute atomic E-state index is 5.86. The fourth-order valence-corrected chi connectivity index (χ4v) is 2.88. The van der Waals surface area contributed by atoms with E-state index in [0.717, 1.165) is 27.8 Å². The Bertz CT molecular complexity index is 640. The predicted molar refractivity (Wildman–Crippen MR) is 81.0 cm³/mol. The molecule has 0 radical (unpaired) electrons. The number of nitrogens with zero attached hydrogens (tertiary/aromatic N) is 1. The molecule has 0 atom stereocenters. The minimum absolute atomic E-state index is 0.243. The molecule has 2 aromatic rings. The molecule has 0 saturated heterocycles. The number of fused-ring (bicyclic) bond motifs is 1. The zero-order valence-corrected chi connectivity index (χ0v) is 12.9. The molecule has 0 bridgehead atoms. The highest BCUT2D eigenvalue weighted by Crippen LogP contribution is 2.38. The summed E-state index contributed by atoms with van der Waals surface area (Å²) >= 11 is 1.66. The van der Waals surface area contributed by atoms with Crippen LogP contribution >= 0.6 is 11.3 Å². The third-order valence-electron chi connectivity index (χ3n) is 3.21. The van der Waals surface area contributed by atoms with Gasteiger partial charge in [0.05, 0.1) is 10.7 Å². The number of hydrogen-bond donors (Lipinski definition) is 1. The zero-order chi connectivity index (χ0) is 14.8. The average molecular weight is 306 g/mol. The first-order valence-corrected chi connectivity index (χ1v) is 7.75. The number of aromatic nitrogens is 1. The number of rotatable bonds is 5. The van der Waals surface area contributed by atoms with E-state index in [2.05, 4.69) is 18.8 Å². The highest BCUT2D eigenvalue weighted by molar-refractivity contribution is 7.09. The van der Waals surface area contributed by atoms with Crippen LogP contribution in [0.25, 0.3) is 0 Å². The SMILES string of the molecule is CC(C)c1nc(COc2cc3c(cc2CN)OCO3)cs1. The Kier molecular flexibility index (Phi) is 3.98. The largest absolute Gasteiger partial charge is 0.487 e. The first-order chi connectivity index (χ1) is 10.2. The standard InChI is InChI=1S/C15H18N2O3S/c1-9(2)15-17-11(7-21-15)6-18-12-4-14-13(19-8-20-14)3-10(12)5-16/h3-4,7,9H,5-6,8,16H2,1-2H3. The lowest BCUT2D eigenvalue weighted by molar-refractivity contribution is 0.173. The molecule has 112 valence electrons. The normalized spacial score (nSPS) is 13.0. The number of thiazole rings is 1. The van der Waals surface area contributed by atoms with Crippen molar-refractivity contribution in [2.75, 3.05) is 6.79 Å². The maximum atomic E-state index is 5.86. The summed E-state index contributed by atoms with van der Waals surface area (Å²) in [5.41, 5.74) is 7.60. The van der Waals surface area contributed by atoms with Gasteiger partial charge in [0.1, 0.15) is 12.4 Å². The molecular formula is C15H18N2O3S. The molecule has 0 unspecified atom stereocenters. The van der Waals surface area contributed by atoms with Gasteiger partial charge >= 0.3 is 0 Å². The first kappa shape index (κ1) is 14.2. The van der Waals surface area contributed by atoms with Crippen LogP contribution in [-0.2, 0) is 13.2 Å². The highest BCUT2D eigenvalue weighted by Gasteiger charge is 2.18. The quantitative estimate of drug-likeness (QED) is 0.919. The van der Waals surface area contributed by atoms with Gasteiger partial charge < -0.3 is 19.9 Å².